The molecule has 0 saturated heterocycles. The lowest BCUT2D eigenvalue weighted by molar-refractivity contribution is 0.885. The molecule has 1 aromatic carbocycles. The summed E-state index contributed by atoms with van der Waals surface area (Å²) in [5.41, 5.74) is 8.73. The predicted molar refractivity (Wildman–Crippen MR) is 55.7 cm³/mol. The van der Waals surface area contributed by atoms with Gasteiger partial charge in [0.15, 0.2) is 0 Å². The van der Waals surface area contributed by atoms with E-state index in [4.69, 9.17) is 5.73 Å². The highest BCUT2D eigenvalue weighted by Gasteiger charge is 2.44. The molecule has 70 valence electrons. The van der Waals surface area contributed by atoms with Gasteiger partial charge in [-0.2, -0.15) is 0 Å². The first-order valence-electron chi connectivity index (χ1n) is 5.08. The summed E-state index contributed by atoms with van der Waals surface area (Å²) < 4.78 is 0. The maximum atomic E-state index is 5.91. The number of hydrogen-bond donors (Lipinski definition) is 1. The van der Waals surface area contributed by atoms with Crippen molar-refractivity contribution in [1.29, 1.82) is 0 Å². The van der Waals surface area contributed by atoms with Gasteiger partial charge in [-0.3, -0.25) is 0 Å². The van der Waals surface area contributed by atoms with E-state index in [1.165, 1.54) is 11.1 Å². The minimum Gasteiger partial charge on any atom is -0.327 e. The second-order valence-corrected chi connectivity index (χ2v) is 4.06. The van der Waals surface area contributed by atoms with Gasteiger partial charge in [-0.15, -0.1) is 0 Å². The second-order valence-electron chi connectivity index (χ2n) is 4.06. The molecule has 2 rings (SSSR count). The van der Waals surface area contributed by atoms with Gasteiger partial charge in [-0.1, -0.05) is 38.1 Å². The van der Waals surface area contributed by atoms with Crippen molar-refractivity contribution in [2.24, 2.45) is 11.7 Å². The quantitative estimate of drug-likeness (QED) is 0.733. The number of hydrogen-bond acceptors (Lipinski definition) is 1. The SMILES string of the molecule is CCc1ccc([C@H]2[C@@H](C)[C@H]2N)cc1. The van der Waals surface area contributed by atoms with Gasteiger partial charge < -0.3 is 5.73 Å². The van der Waals surface area contributed by atoms with Crippen molar-refractivity contribution in [1.82, 2.24) is 0 Å². The standard InChI is InChI=1S/C12H17N/c1-3-9-4-6-10(7-5-9)11-8(2)12(11)13/h4-8,11-12H,3,13H2,1-2H3/t8-,11-,12-/m1/s1. The lowest BCUT2D eigenvalue weighted by atomic mass is 10.1. The van der Waals surface area contributed by atoms with Gasteiger partial charge in [0.05, 0.1) is 0 Å². The lowest BCUT2D eigenvalue weighted by Crippen LogP contribution is -2.02. The average Bonchev–Trinajstić information content (AvgIpc) is 2.75. The van der Waals surface area contributed by atoms with Gasteiger partial charge in [0, 0.05) is 12.0 Å². The van der Waals surface area contributed by atoms with Crippen LogP contribution in [-0.4, -0.2) is 6.04 Å². The number of benzene rings is 1. The molecule has 1 saturated carbocycles. The molecular formula is C12H17N. The largest absolute Gasteiger partial charge is 0.327 e. The van der Waals surface area contributed by atoms with Crippen molar-refractivity contribution in [3.05, 3.63) is 35.4 Å². The molecule has 0 aromatic heterocycles. The monoisotopic (exact) mass is 175 g/mol. The van der Waals surface area contributed by atoms with Gasteiger partial charge >= 0.3 is 0 Å². The van der Waals surface area contributed by atoms with E-state index in [2.05, 4.69) is 38.1 Å². The fourth-order valence-corrected chi connectivity index (χ4v) is 2.00. The molecule has 2 N–H and O–H groups in total. The zero-order valence-corrected chi connectivity index (χ0v) is 8.33. The van der Waals surface area contributed by atoms with Gasteiger partial charge in [-0.25, -0.2) is 0 Å². The van der Waals surface area contributed by atoms with Crippen LogP contribution in [0.5, 0.6) is 0 Å². The summed E-state index contributed by atoms with van der Waals surface area (Å²) >= 11 is 0. The predicted octanol–water partition coefficient (Wildman–Crippen LogP) is 2.31. The molecule has 1 nitrogen and oxygen atoms in total. The highest BCUT2D eigenvalue weighted by molar-refractivity contribution is 5.32. The summed E-state index contributed by atoms with van der Waals surface area (Å²) in [6.07, 6.45) is 1.12. The third-order valence-corrected chi connectivity index (χ3v) is 3.22. The topological polar surface area (TPSA) is 26.0 Å². The molecule has 0 bridgehead atoms. The van der Waals surface area contributed by atoms with E-state index in [1.54, 1.807) is 0 Å². The minimum atomic E-state index is 0.396. The molecule has 3 atom stereocenters. The fraction of sp³-hybridized carbons (Fsp3) is 0.500. The smallest absolute Gasteiger partial charge is 0.0143 e. The average molecular weight is 175 g/mol. The van der Waals surface area contributed by atoms with Crippen LogP contribution in [0.2, 0.25) is 0 Å². The Morgan fingerprint density at radius 3 is 2.15 bits per heavy atom. The highest BCUT2D eigenvalue weighted by Crippen LogP contribution is 2.45. The first-order valence-corrected chi connectivity index (χ1v) is 5.08. The molecule has 0 heterocycles. The van der Waals surface area contributed by atoms with E-state index in [0.29, 0.717) is 17.9 Å². The summed E-state index contributed by atoms with van der Waals surface area (Å²) in [6, 6.07) is 9.28. The van der Waals surface area contributed by atoms with Crippen LogP contribution in [0, 0.1) is 5.92 Å². The van der Waals surface area contributed by atoms with Crippen molar-refractivity contribution in [2.45, 2.75) is 32.2 Å². The van der Waals surface area contributed by atoms with E-state index >= 15 is 0 Å². The van der Waals surface area contributed by atoms with Crippen molar-refractivity contribution in [3.8, 4) is 0 Å². The Kier molecular flexibility index (Phi) is 2.12. The Morgan fingerprint density at radius 1 is 1.23 bits per heavy atom. The summed E-state index contributed by atoms with van der Waals surface area (Å²) in [6.45, 7) is 4.41. The summed E-state index contributed by atoms with van der Waals surface area (Å²) in [5.74, 6) is 1.29. The zero-order valence-electron chi connectivity index (χ0n) is 8.33. The number of nitrogens with two attached hydrogens (primary N) is 1. The fourth-order valence-electron chi connectivity index (χ4n) is 2.00. The maximum absolute atomic E-state index is 5.91. The second kappa shape index (κ2) is 3.15. The van der Waals surface area contributed by atoms with Crippen LogP contribution in [0.4, 0.5) is 0 Å². The molecule has 0 radical (unpaired) electrons. The summed E-state index contributed by atoms with van der Waals surface area (Å²) in [7, 11) is 0. The van der Waals surface area contributed by atoms with Crippen LogP contribution in [-0.2, 0) is 6.42 Å². The molecule has 1 aromatic rings. The van der Waals surface area contributed by atoms with Crippen LogP contribution in [0.1, 0.15) is 30.9 Å². The molecule has 0 spiro atoms. The minimum absolute atomic E-state index is 0.396. The molecule has 1 aliphatic rings. The Balaban J connectivity index is 2.15. The van der Waals surface area contributed by atoms with Crippen LogP contribution < -0.4 is 5.73 Å². The molecular weight excluding hydrogens is 158 g/mol. The van der Waals surface area contributed by atoms with Crippen molar-refractivity contribution >= 4 is 0 Å². The first kappa shape index (κ1) is 8.76. The van der Waals surface area contributed by atoms with E-state index < -0.39 is 0 Å². The third-order valence-electron chi connectivity index (χ3n) is 3.22. The molecule has 1 fully saturated rings. The van der Waals surface area contributed by atoms with E-state index in [-0.39, 0.29) is 0 Å². The number of rotatable bonds is 2. The van der Waals surface area contributed by atoms with Crippen LogP contribution in [0.25, 0.3) is 0 Å². The van der Waals surface area contributed by atoms with Gasteiger partial charge in [0.1, 0.15) is 0 Å². The van der Waals surface area contributed by atoms with Crippen molar-refractivity contribution < 1.29 is 0 Å². The maximum Gasteiger partial charge on any atom is 0.0143 e. The number of aryl methyl sites for hydroxylation is 1. The summed E-state index contributed by atoms with van der Waals surface area (Å²) in [4.78, 5) is 0. The highest BCUT2D eigenvalue weighted by atomic mass is 14.8. The van der Waals surface area contributed by atoms with Crippen LogP contribution in [0.15, 0.2) is 24.3 Å². The Labute approximate surface area is 80.0 Å². The molecule has 13 heavy (non-hydrogen) atoms. The van der Waals surface area contributed by atoms with Crippen molar-refractivity contribution in [3.63, 3.8) is 0 Å². The lowest BCUT2D eigenvalue weighted by Gasteiger charge is -2.00. The van der Waals surface area contributed by atoms with Gasteiger partial charge in [0.2, 0.25) is 0 Å². The zero-order chi connectivity index (χ0) is 9.42. The molecule has 0 unspecified atom stereocenters. The Hall–Kier alpha value is -0.820. The Bertz CT molecular complexity index is 280. The van der Waals surface area contributed by atoms with E-state index in [9.17, 15) is 0 Å². The van der Waals surface area contributed by atoms with Crippen LogP contribution >= 0.6 is 0 Å². The molecule has 0 aliphatic heterocycles. The molecule has 0 amide bonds. The normalized spacial score (nSPS) is 31.8. The Morgan fingerprint density at radius 2 is 1.77 bits per heavy atom. The van der Waals surface area contributed by atoms with Gasteiger partial charge in [-0.05, 0) is 23.5 Å². The molecule has 1 heteroatoms. The summed E-state index contributed by atoms with van der Waals surface area (Å²) in [5, 5.41) is 0. The van der Waals surface area contributed by atoms with E-state index in [1.807, 2.05) is 0 Å². The van der Waals surface area contributed by atoms with E-state index in [0.717, 1.165) is 6.42 Å². The molecule has 1 aliphatic carbocycles. The first-order chi connectivity index (χ1) is 6.24. The van der Waals surface area contributed by atoms with Crippen LogP contribution in [0.3, 0.4) is 0 Å². The van der Waals surface area contributed by atoms with Crippen molar-refractivity contribution in [2.75, 3.05) is 0 Å². The van der Waals surface area contributed by atoms with Gasteiger partial charge in [0.25, 0.3) is 0 Å². The third kappa shape index (κ3) is 1.49.